The Kier molecular flexibility index (Phi) is 10.2. The lowest BCUT2D eigenvalue weighted by atomic mass is 10.0. The maximum atomic E-state index is 13.2. The average Bonchev–Trinajstić information content (AvgIpc) is 2.76. The minimum absolute atomic E-state index is 0.141. The van der Waals surface area contributed by atoms with E-state index in [9.17, 15) is 9.59 Å². The highest BCUT2D eigenvalue weighted by atomic mass is 79.9. The predicted molar refractivity (Wildman–Crippen MR) is 133 cm³/mol. The van der Waals surface area contributed by atoms with E-state index in [4.69, 9.17) is 4.74 Å². The van der Waals surface area contributed by atoms with Crippen LogP contribution in [0.5, 0.6) is 5.75 Å². The number of benzene rings is 2. The molecule has 0 fully saturated rings. The Labute approximate surface area is 200 Å². The Morgan fingerprint density at radius 3 is 2.50 bits per heavy atom. The van der Waals surface area contributed by atoms with Crippen molar-refractivity contribution in [2.24, 2.45) is 0 Å². The van der Waals surface area contributed by atoms with Crippen molar-refractivity contribution in [3.05, 3.63) is 63.6 Å². The lowest BCUT2D eigenvalue weighted by Gasteiger charge is -2.29. The van der Waals surface area contributed by atoms with Crippen LogP contribution in [-0.4, -0.2) is 35.9 Å². The molecule has 0 unspecified atom stereocenters. The number of amides is 2. The van der Waals surface area contributed by atoms with Gasteiger partial charge in [-0.1, -0.05) is 63.1 Å². The van der Waals surface area contributed by atoms with Crippen molar-refractivity contribution < 1.29 is 14.3 Å². The summed E-state index contributed by atoms with van der Waals surface area (Å²) in [6.45, 7) is 10.9. The molecule has 2 aromatic rings. The molecule has 2 aromatic carbocycles. The molecule has 174 valence electrons. The Morgan fingerprint density at radius 1 is 1.12 bits per heavy atom. The highest BCUT2D eigenvalue weighted by Gasteiger charge is 2.26. The van der Waals surface area contributed by atoms with Crippen LogP contribution in [0.2, 0.25) is 0 Å². The van der Waals surface area contributed by atoms with Crippen molar-refractivity contribution in [1.82, 2.24) is 10.2 Å². The third-order valence-electron chi connectivity index (χ3n) is 5.41. The van der Waals surface area contributed by atoms with E-state index < -0.39 is 6.04 Å². The first-order chi connectivity index (χ1) is 15.2. The summed E-state index contributed by atoms with van der Waals surface area (Å²) in [6, 6.07) is 13.3. The lowest BCUT2D eigenvalue weighted by Crippen LogP contribution is -2.49. The molecule has 0 aliphatic rings. The van der Waals surface area contributed by atoms with Gasteiger partial charge >= 0.3 is 0 Å². The van der Waals surface area contributed by atoms with Crippen molar-refractivity contribution in [2.75, 3.05) is 13.2 Å². The zero-order valence-electron chi connectivity index (χ0n) is 19.8. The number of aryl methyl sites for hydroxylation is 1. The fourth-order valence-electron chi connectivity index (χ4n) is 3.34. The standard InChI is InChI=1S/C26H35BrN2O3/c1-6-7-13-28-26(31)20(5)29(16-21-10-8-9-19(4)14-21)25(30)17-32-24-12-11-22(18(2)3)15-23(24)27/h8-12,14-15,18,20H,6-7,13,16-17H2,1-5H3,(H,28,31)/t20-/m0/s1. The van der Waals surface area contributed by atoms with E-state index in [2.05, 4.69) is 42.0 Å². The Hall–Kier alpha value is -2.34. The van der Waals surface area contributed by atoms with Crippen LogP contribution >= 0.6 is 15.9 Å². The molecule has 1 N–H and O–H groups in total. The van der Waals surface area contributed by atoms with Gasteiger partial charge in [-0.3, -0.25) is 9.59 Å². The molecule has 32 heavy (non-hydrogen) atoms. The Morgan fingerprint density at radius 2 is 1.88 bits per heavy atom. The summed E-state index contributed by atoms with van der Waals surface area (Å²) < 4.78 is 6.65. The van der Waals surface area contributed by atoms with Crippen LogP contribution in [0, 0.1) is 6.92 Å². The number of unbranched alkanes of at least 4 members (excludes halogenated alkanes) is 1. The van der Waals surface area contributed by atoms with Gasteiger partial charge in [-0.05, 0) is 65.4 Å². The summed E-state index contributed by atoms with van der Waals surface area (Å²) in [4.78, 5) is 27.5. The number of nitrogens with zero attached hydrogens (tertiary/aromatic N) is 1. The van der Waals surface area contributed by atoms with Gasteiger partial charge in [-0.2, -0.15) is 0 Å². The highest BCUT2D eigenvalue weighted by Crippen LogP contribution is 2.29. The maximum absolute atomic E-state index is 13.2. The van der Waals surface area contributed by atoms with Crippen molar-refractivity contribution in [1.29, 1.82) is 0 Å². The van der Waals surface area contributed by atoms with E-state index in [1.165, 1.54) is 5.56 Å². The normalized spacial score (nSPS) is 11.8. The van der Waals surface area contributed by atoms with Crippen molar-refractivity contribution in [3.8, 4) is 5.75 Å². The molecule has 5 nitrogen and oxygen atoms in total. The number of carbonyl (C=O) groups excluding carboxylic acids is 2. The monoisotopic (exact) mass is 502 g/mol. The quantitative estimate of drug-likeness (QED) is 0.407. The summed E-state index contributed by atoms with van der Waals surface area (Å²) in [7, 11) is 0. The second-order valence-electron chi connectivity index (χ2n) is 8.46. The van der Waals surface area contributed by atoms with E-state index in [0.717, 1.165) is 28.4 Å². The fraction of sp³-hybridized carbons (Fsp3) is 0.462. The topological polar surface area (TPSA) is 58.6 Å². The van der Waals surface area contributed by atoms with Gasteiger partial charge in [0.15, 0.2) is 6.61 Å². The molecule has 2 amide bonds. The first-order valence-electron chi connectivity index (χ1n) is 11.3. The molecular formula is C26H35BrN2O3. The van der Waals surface area contributed by atoms with Gasteiger partial charge in [-0.25, -0.2) is 0 Å². The number of ether oxygens (including phenoxy) is 1. The van der Waals surface area contributed by atoms with Gasteiger partial charge in [0.25, 0.3) is 5.91 Å². The van der Waals surface area contributed by atoms with E-state index in [1.807, 2.05) is 49.4 Å². The SMILES string of the molecule is CCCCNC(=O)[C@H](C)N(Cc1cccc(C)c1)C(=O)COc1ccc(C(C)C)cc1Br. The van der Waals surface area contributed by atoms with Crippen LogP contribution in [0.15, 0.2) is 46.9 Å². The van der Waals surface area contributed by atoms with Crippen molar-refractivity contribution in [3.63, 3.8) is 0 Å². The van der Waals surface area contributed by atoms with Crippen LogP contribution in [0.3, 0.4) is 0 Å². The molecule has 0 spiro atoms. The van der Waals surface area contributed by atoms with E-state index in [1.54, 1.807) is 11.8 Å². The van der Waals surface area contributed by atoms with Crippen LogP contribution in [0.1, 0.15) is 63.1 Å². The van der Waals surface area contributed by atoms with Gasteiger partial charge < -0.3 is 15.0 Å². The largest absolute Gasteiger partial charge is 0.483 e. The molecule has 0 aliphatic heterocycles. The number of nitrogens with one attached hydrogen (secondary N) is 1. The zero-order chi connectivity index (χ0) is 23.7. The molecule has 2 rings (SSSR count). The van der Waals surface area contributed by atoms with Crippen molar-refractivity contribution in [2.45, 2.75) is 66.0 Å². The Bertz CT molecular complexity index is 914. The first-order valence-corrected chi connectivity index (χ1v) is 12.1. The van der Waals surface area contributed by atoms with Gasteiger partial charge in [0.2, 0.25) is 5.91 Å². The van der Waals surface area contributed by atoms with Gasteiger partial charge in [0.1, 0.15) is 11.8 Å². The molecule has 0 saturated carbocycles. The zero-order valence-corrected chi connectivity index (χ0v) is 21.4. The third kappa shape index (κ3) is 7.66. The van der Waals surface area contributed by atoms with Gasteiger partial charge in [0, 0.05) is 13.1 Å². The molecule has 0 heterocycles. The van der Waals surface area contributed by atoms with Crippen molar-refractivity contribution >= 4 is 27.7 Å². The average molecular weight is 503 g/mol. The van der Waals surface area contributed by atoms with E-state index in [0.29, 0.717) is 24.8 Å². The third-order valence-corrected chi connectivity index (χ3v) is 6.03. The van der Waals surface area contributed by atoms with E-state index >= 15 is 0 Å². The number of halogens is 1. The molecule has 0 aliphatic carbocycles. The number of hydrogen-bond donors (Lipinski definition) is 1. The number of hydrogen-bond acceptors (Lipinski definition) is 3. The van der Waals surface area contributed by atoms with Gasteiger partial charge in [0.05, 0.1) is 4.47 Å². The van der Waals surface area contributed by atoms with Gasteiger partial charge in [-0.15, -0.1) is 0 Å². The van der Waals surface area contributed by atoms with Crippen LogP contribution < -0.4 is 10.1 Å². The number of carbonyl (C=O) groups is 2. The minimum atomic E-state index is -0.602. The summed E-state index contributed by atoms with van der Waals surface area (Å²) in [5, 5.41) is 2.93. The summed E-state index contributed by atoms with van der Waals surface area (Å²) in [5.41, 5.74) is 3.28. The highest BCUT2D eigenvalue weighted by molar-refractivity contribution is 9.10. The predicted octanol–water partition coefficient (Wildman–Crippen LogP) is 5.59. The molecule has 6 heteroatoms. The molecule has 0 bridgehead atoms. The summed E-state index contributed by atoms with van der Waals surface area (Å²) in [5.74, 6) is 0.628. The van der Waals surface area contributed by atoms with Crippen LogP contribution in [0.25, 0.3) is 0 Å². The smallest absolute Gasteiger partial charge is 0.261 e. The molecular weight excluding hydrogens is 468 g/mol. The maximum Gasteiger partial charge on any atom is 0.261 e. The molecule has 0 saturated heterocycles. The Balaban J connectivity index is 2.14. The van der Waals surface area contributed by atoms with E-state index in [-0.39, 0.29) is 18.4 Å². The second kappa shape index (κ2) is 12.6. The summed E-state index contributed by atoms with van der Waals surface area (Å²) in [6.07, 6.45) is 1.91. The fourth-order valence-corrected chi connectivity index (χ4v) is 3.85. The molecule has 1 atom stereocenters. The second-order valence-corrected chi connectivity index (χ2v) is 9.32. The lowest BCUT2D eigenvalue weighted by molar-refractivity contribution is -0.142. The summed E-state index contributed by atoms with van der Waals surface area (Å²) >= 11 is 3.54. The number of rotatable bonds is 11. The minimum Gasteiger partial charge on any atom is -0.483 e. The first kappa shape index (κ1) is 25.9. The molecule has 0 aromatic heterocycles. The van der Waals surface area contributed by atoms with Crippen LogP contribution in [0.4, 0.5) is 0 Å². The van der Waals surface area contributed by atoms with Crippen LogP contribution in [-0.2, 0) is 16.1 Å². The molecule has 0 radical (unpaired) electrons.